The number of carbonyl (C=O) groups is 1. The Balaban J connectivity index is 2.34. The molecular formula is C12H14ClNO. The first-order valence-electron chi connectivity index (χ1n) is 5.25. The topological polar surface area (TPSA) is 20.3 Å². The fraction of sp³-hybridized carbons (Fsp3) is 0.417. The van der Waals surface area contributed by atoms with Crippen molar-refractivity contribution in [2.24, 2.45) is 0 Å². The van der Waals surface area contributed by atoms with Crippen molar-refractivity contribution in [3.63, 3.8) is 0 Å². The molecular weight excluding hydrogens is 210 g/mol. The van der Waals surface area contributed by atoms with Gasteiger partial charge in [0.25, 0.3) is 0 Å². The van der Waals surface area contributed by atoms with Crippen molar-refractivity contribution in [2.45, 2.75) is 26.2 Å². The molecule has 1 aromatic rings. The van der Waals surface area contributed by atoms with Gasteiger partial charge in [-0.2, -0.15) is 0 Å². The molecule has 2 rings (SSSR count). The van der Waals surface area contributed by atoms with Crippen LogP contribution in [0, 0.1) is 6.92 Å². The Morgan fingerprint density at radius 1 is 1.33 bits per heavy atom. The summed E-state index contributed by atoms with van der Waals surface area (Å²) >= 11 is 5.95. The molecule has 0 atom stereocenters. The lowest BCUT2D eigenvalue weighted by Crippen LogP contribution is -2.35. The van der Waals surface area contributed by atoms with Gasteiger partial charge in [0.1, 0.15) is 0 Å². The van der Waals surface area contributed by atoms with E-state index in [0.29, 0.717) is 11.4 Å². The summed E-state index contributed by atoms with van der Waals surface area (Å²) in [5.74, 6) is 0.214. The van der Waals surface area contributed by atoms with Gasteiger partial charge in [-0.15, -0.1) is 0 Å². The number of hydrogen-bond acceptors (Lipinski definition) is 1. The Labute approximate surface area is 94.8 Å². The van der Waals surface area contributed by atoms with Crippen LogP contribution in [0.1, 0.15) is 24.8 Å². The highest BCUT2D eigenvalue weighted by Crippen LogP contribution is 2.27. The molecule has 1 aliphatic rings. The fourth-order valence-corrected chi connectivity index (χ4v) is 2.10. The number of carbonyl (C=O) groups excluding carboxylic acids is 1. The molecule has 0 unspecified atom stereocenters. The predicted molar refractivity (Wildman–Crippen MR) is 62.4 cm³/mol. The van der Waals surface area contributed by atoms with E-state index >= 15 is 0 Å². The van der Waals surface area contributed by atoms with E-state index in [4.69, 9.17) is 11.6 Å². The van der Waals surface area contributed by atoms with E-state index < -0.39 is 0 Å². The Bertz CT molecular complexity index is 389. The average molecular weight is 224 g/mol. The van der Waals surface area contributed by atoms with Crippen molar-refractivity contribution in [2.75, 3.05) is 11.4 Å². The lowest BCUT2D eigenvalue weighted by molar-refractivity contribution is -0.119. The summed E-state index contributed by atoms with van der Waals surface area (Å²) < 4.78 is 0. The van der Waals surface area contributed by atoms with E-state index in [0.717, 1.165) is 30.6 Å². The van der Waals surface area contributed by atoms with Gasteiger partial charge in [0.15, 0.2) is 0 Å². The van der Waals surface area contributed by atoms with Gasteiger partial charge < -0.3 is 4.90 Å². The van der Waals surface area contributed by atoms with Gasteiger partial charge in [-0.05, 0) is 37.5 Å². The molecule has 0 saturated carbocycles. The minimum atomic E-state index is 0.214. The van der Waals surface area contributed by atoms with Crippen LogP contribution < -0.4 is 4.90 Å². The molecule has 2 nitrogen and oxygen atoms in total. The summed E-state index contributed by atoms with van der Waals surface area (Å²) in [4.78, 5) is 13.6. The lowest BCUT2D eigenvalue weighted by Gasteiger charge is -2.28. The number of piperidine rings is 1. The van der Waals surface area contributed by atoms with Crippen LogP contribution >= 0.6 is 11.6 Å². The molecule has 1 aromatic carbocycles. The highest BCUT2D eigenvalue weighted by molar-refractivity contribution is 6.31. The third kappa shape index (κ3) is 2.15. The molecule has 0 N–H and O–H groups in total. The van der Waals surface area contributed by atoms with E-state index in [9.17, 15) is 4.79 Å². The smallest absolute Gasteiger partial charge is 0.226 e. The van der Waals surface area contributed by atoms with E-state index in [2.05, 4.69) is 0 Å². The number of anilines is 1. The SMILES string of the molecule is Cc1ccc(Cl)cc1N1CCCCC1=O. The van der Waals surface area contributed by atoms with Crippen molar-refractivity contribution >= 4 is 23.2 Å². The fourth-order valence-electron chi connectivity index (χ4n) is 1.93. The van der Waals surface area contributed by atoms with E-state index in [-0.39, 0.29) is 5.91 Å². The molecule has 1 aliphatic heterocycles. The van der Waals surface area contributed by atoms with Gasteiger partial charge in [0.05, 0.1) is 0 Å². The molecule has 0 spiro atoms. The third-order valence-electron chi connectivity index (χ3n) is 2.79. The van der Waals surface area contributed by atoms with Crippen LogP contribution in [0.15, 0.2) is 18.2 Å². The van der Waals surface area contributed by atoms with Gasteiger partial charge in [-0.25, -0.2) is 0 Å². The zero-order valence-corrected chi connectivity index (χ0v) is 9.55. The number of amides is 1. The molecule has 1 amide bonds. The van der Waals surface area contributed by atoms with Crippen LogP contribution in [0.25, 0.3) is 0 Å². The first-order valence-corrected chi connectivity index (χ1v) is 5.63. The number of nitrogens with zero attached hydrogens (tertiary/aromatic N) is 1. The molecule has 0 radical (unpaired) electrons. The molecule has 1 fully saturated rings. The van der Waals surface area contributed by atoms with Crippen LogP contribution in [0.3, 0.4) is 0 Å². The van der Waals surface area contributed by atoms with Gasteiger partial charge in [0, 0.05) is 23.7 Å². The highest BCUT2D eigenvalue weighted by Gasteiger charge is 2.20. The van der Waals surface area contributed by atoms with Crippen molar-refractivity contribution in [1.29, 1.82) is 0 Å². The summed E-state index contributed by atoms with van der Waals surface area (Å²) in [5.41, 5.74) is 2.07. The third-order valence-corrected chi connectivity index (χ3v) is 3.02. The quantitative estimate of drug-likeness (QED) is 0.716. The first kappa shape index (κ1) is 10.5. The van der Waals surface area contributed by atoms with Gasteiger partial charge in [-0.3, -0.25) is 4.79 Å². The maximum Gasteiger partial charge on any atom is 0.226 e. The molecule has 1 saturated heterocycles. The first-order chi connectivity index (χ1) is 7.18. The van der Waals surface area contributed by atoms with Crippen LogP contribution in [-0.4, -0.2) is 12.5 Å². The van der Waals surface area contributed by atoms with Gasteiger partial charge in [0.2, 0.25) is 5.91 Å². The lowest BCUT2D eigenvalue weighted by atomic mass is 10.1. The second-order valence-electron chi connectivity index (χ2n) is 3.93. The minimum Gasteiger partial charge on any atom is -0.312 e. The monoisotopic (exact) mass is 223 g/mol. The maximum atomic E-state index is 11.7. The molecule has 0 bridgehead atoms. The number of hydrogen-bond donors (Lipinski definition) is 0. The van der Waals surface area contributed by atoms with Crippen LogP contribution in [0.2, 0.25) is 5.02 Å². The zero-order chi connectivity index (χ0) is 10.8. The molecule has 0 aromatic heterocycles. The molecule has 3 heteroatoms. The zero-order valence-electron chi connectivity index (χ0n) is 8.79. The summed E-state index contributed by atoms with van der Waals surface area (Å²) in [6.07, 6.45) is 2.75. The van der Waals surface area contributed by atoms with Crippen LogP contribution in [0.5, 0.6) is 0 Å². The largest absolute Gasteiger partial charge is 0.312 e. The molecule has 80 valence electrons. The van der Waals surface area contributed by atoms with Crippen molar-refractivity contribution in [1.82, 2.24) is 0 Å². The number of rotatable bonds is 1. The summed E-state index contributed by atoms with van der Waals surface area (Å²) in [7, 11) is 0. The highest BCUT2D eigenvalue weighted by atomic mass is 35.5. The summed E-state index contributed by atoms with van der Waals surface area (Å²) in [6.45, 7) is 2.83. The second kappa shape index (κ2) is 4.23. The van der Waals surface area contributed by atoms with Crippen molar-refractivity contribution in [3.05, 3.63) is 28.8 Å². The Morgan fingerprint density at radius 3 is 2.87 bits per heavy atom. The standard InChI is InChI=1S/C12H14ClNO/c1-9-5-6-10(13)8-11(9)14-7-3-2-4-12(14)15/h5-6,8H,2-4,7H2,1H3. The van der Waals surface area contributed by atoms with Crippen molar-refractivity contribution in [3.8, 4) is 0 Å². The van der Waals surface area contributed by atoms with Crippen molar-refractivity contribution < 1.29 is 4.79 Å². The summed E-state index contributed by atoms with van der Waals surface area (Å²) in [6, 6.07) is 5.69. The Morgan fingerprint density at radius 2 is 2.13 bits per heavy atom. The van der Waals surface area contributed by atoms with E-state index in [1.165, 1.54) is 0 Å². The predicted octanol–water partition coefficient (Wildman–Crippen LogP) is 3.17. The number of halogens is 1. The van der Waals surface area contributed by atoms with E-state index in [1.54, 1.807) is 0 Å². The minimum absolute atomic E-state index is 0.214. The number of aryl methyl sites for hydroxylation is 1. The average Bonchev–Trinajstić information content (AvgIpc) is 2.23. The molecule has 15 heavy (non-hydrogen) atoms. The number of benzene rings is 1. The van der Waals surface area contributed by atoms with Gasteiger partial charge in [-0.1, -0.05) is 17.7 Å². The second-order valence-corrected chi connectivity index (χ2v) is 4.37. The Kier molecular flexibility index (Phi) is 2.96. The molecule has 0 aliphatic carbocycles. The van der Waals surface area contributed by atoms with E-state index in [1.807, 2.05) is 30.0 Å². The molecule has 1 heterocycles. The summed E-state index contributed by atoms with van der Waals surface area (Å²) in [5, 5.41) is 0.689. The van der Waals surface area contributed by atoms with Crippen LogP contribution in [0.4, 0.5) is 5.69 Å². The maximum absolute atomic E-state index is 11.7. The van der Waals surface area contributed by atoms with Crippen LogP contribution in [-0.2, 0) is 4.79 Å². The Hall–Kier alpha value is -1.02. The normalized spacial score (nSPS) is 16.9. The van der Waals surface area contributed by atoms with Gasteiger partial charge >= 0.3 is 0 Å².